The van der Waals surface area contributed by atoms with Gasteiger partial charge in [-0.1, -0.05) is 18.2 Å². The average molecular weight is 270 g/mol. The number of methoxy groups -OCH3 is 2. The van der Waals surface area contributed by atoms with Crippen LogP contribution in [-0.2, 0) is 16.0 Å². The largest absolute Gasteiger partial charge is 0.356 e. The van der Waals surface area contributed by atoms with Gasteiger partial charge in [0.05, 0.1) is 0 Å². The summed E-state index contributed by atoms with van der Waals surface area (Å²) in [5.74, 6) is -0.194. The van der Waals surface area contributed by atoms with Crippen molar-refractivity contribution in [2.75, 3.05) is 27.8 Å². The molecule has 108 valence electrons. The van der Waals surface area contributed by atoms with E-state index < -0.39 is 0 Å². The third-order valence-corrected chi connectivity index (χ3v) is 3.26. The SMILES string of the molecule is COC(CC(CN)N(C)Cc1ccccc1F)OC. The van der Waals surface area contributed by atoms with Crippen LogP contribution in [0.15, 0.2) is 24.3 Å². The van der Waals surface area contributed by atoms with E-state index >= 15 is 0 Å². The molecule has 0 radical (unpaired) electrons. The van der Waals surface area contributed by atoms with Gasteiger partial charge in [0, 0.05) is 45.3 Å². The van der Waals surface area contributed by atoms with Crippen LogP contribution in [0.2, 0.25) is 0 Å². The van der Waals surface area contributed by atoms with Crippen LogP contribution in [0.4, 0.5) is 4.39 Å². The molecule has 0 bridgehead atoms. The second-order valence-electron chi connectivity index (χ2n) is 4.53. The van der Waals surface area contributed by atoms with Gasteiger partial charge in [-0.25, -0.2) is 4.39 Å². The highest BCUT2D eigenvalue weighted by atomic mass is 19.1. The average Bonchev–Trinajstić information content (AvgIpc) is 2.42. The van der Waals surface area contributed by atoms with Gasteiger partial charge in [-0.15, -0.1) is 0 Å². The molecule has 19 heavy (non-hydrogen) atoms. The Hall–Kier alpha value is -1.01. The fourth-order valence-corrected chi connectivity index (χ4v) is 1.99. The number of nitrogens with two attached hydrogens (primary N) is 1. The first kappa shape index (κ1) is 16.0. The number of likely N-dealkylation sites (N-methyl/N-ethyl adjacent to an activating group) is 1. The summed E-state index contributed by atoms with van der Waals surface area (Å²) < 4.78 is 24.0. The number of nitrogens with zero attached hydrogens (tertiary/aromatic N) is 1. The van der Waals surface area contributed by atoms with E-state index in [9.17, 15) is 4.39 Å². The zero-order valence-corrected chi connectivity index (χ0v) is 11.8. The van der Waals surface area contributed by atoms with E-state index in [4.69, 9.17) is 15.2 Å². The molecule has 1 aromatic carbocycles. The van der Waals surface area contributed by atoms with E-state index in [2.05, 4.69) is 0 Å². The molecule has 0 spiro atoms. The number of benzene rings is 1. The van der Waals surface area contributed by atoms with Crippen LogP contribution < -0.4 is 5.73 Å². The van der Waals surface area contributed by atoms with Gasteiger partial charge >= 0.3 is 0 Å². The number of ether oxygens (including phenoxy) is 2. The van der Waals surface area contributed by atoms with E-state index in [0.29, 0.717) is 25.1 Å². The van der Waals surface area contributed by atoms with Crippen LogP contribution in [-0.4, -0.2) is 45.0 Å². The maximum atomic E-state index is 13.6. The van der Waals surface area contributed by atoms with Crippen LogP contribution >= 0.6 is 0 Å². The normalized spacial score (nSPS) is 13.2. The molecule has 1 aromatic rings. The molecular weight excluding hydrogens is 247 g/mol. The Bertz CT molecular complexity index is 372. The minimum atomic E-state index is -0.295. The van der Waals surface area contributed by atoms with Crippen molar-refractivity contribution < 1.29 is 13.9 Å². The van der Waals surface area contributed by atoms with Gasteiger partial charge in [0.1, 0.15) is 5.82 Å². The van der Waals surface area contributed by atoms with E-state index in [1.165, 1.54) is 6.07 Å². The molecule has 0 aliphatic heterocycles. The monoisotopic (exact) mass is 270 g/mol. The Kier molecular flexibility index (Phi) is 6.94. The van der Waals surface area contributed by atoms with Gasteiger partial charge in [0.15, 0.2) is 6.29 Å². The molecule has 1 rings (SSSR count). The van der Waals surface area contributed by atoms with E-state index in [1.54, 1.807) is 26.4 Å². The van der Waals surface area contributed by atoms with Gasteiger partial charge in [0.2, 0.25) is 0 Å². The molecule has 2 N–H and O–H groups in total. The van der Waals surface area contributed by atoms with Gasteiger partial charge in [-0.05, 0) is 13.1 Å². The van der Waals surface area contributed by atoms with Crippen LogP contribution in [0.5, 0.6) is 0 Å². The second kappa shape index (κ2) is 8.22. The third-order valence-electron chi connectivity index (χ3n) is 3.26. The van der Waals surface area contributed by atoms with E-state index in [0.717, 1.165) is 0 Å². The van der Waals surface area contributed by atoms with Gasteiger partial charge in [-0.2, -0.15) is 0 Å². The van der Waals surface area contributed by atoms with Crippen molar-refractivity contribution in [3.8, 4) is 0 Å². The summed E-state index contributed by atoms with van der Waals surface area (Å²) in [6.07, 6.45) is 0.352. The van der Waals surface area contributed by atoms with E-state index in [1.807, 2.05) is 18.0 Å². The van der Waals surface area contributed by atoms with Crippen molar-refractivity contribution in [2.24, 2.45) is 5.73 Å². The Morgan fingerprint density at radius 3 is 2.42 bits per heavy atom. The Labute approximate surface area is 114 Å². The first-order chi connectivity index (χ1) is 9.12. The molecule has 5 heteroatoms. The summed E-state index contributed by atoms with van der Waals surface area (Å²) in [6, 6.07) is 6.84. The quantitative estimate of drug-likeness (QED) is 0.729. The molecule has 0 saturated carbocycles. The standard InChI is InChI=1S/C14H23FN2O2/c1-17(10-11-6-4-5-7-13(11)15)12(9-16)8-14(18-2)19-3/h4-7,12,14H,8-10,16H2,1-3H3. The molecule has 0 heterocycles. The zero-order chi connectivity index (χ0) is 14.3. The van der Waals surface area contributed by atoms with Crippen molar-refractivity contribution in [2.45, 2.75) is 25.3 Å². The van der Waals surface area contributed by atoms with Crippen molar-refractivity contribution in [1.29, 1.82) is 0 Å². The molecule has 1 atom stereocenters. The highest BCUT2D eigenvalue weighted by molar-refractivity contribution is 5.17. The minimum Gasteiger partial charge on any atom is -0.356 e. The first-order valence-electron chi connectivity index (χ1n) is 6.31. The minimum absolute atomic E-state index is 0.0736. The predicted molar refractivity (Wildman–Crippen MR) is 73.1 cm³/mol. The van der Waals surface area contributed by atoms with Crippen molar-refractivity contribution in [3.05, 3.63) is 35.6 Å². The summed E-state index contributed by atoms with van der Waals surface area (Å²) in [5.41, 5.74) is 6.44. The van der Waals surface area contributed by atoms with Gasteiger partial charge in [-0.3, -0.25) is 4.90 Å². The fourth-order valence-electron chi connectivity index (χ4n) is 1.99. The van der Waals surface area contributed by atoms with Crippen molar-refractivity contribution in [1.82, 2.24) is 4.90 Å². The van der Waals surface area contributed by atoms with Crippen molar-refractivity contribution in [3.63, 3.8) is 0 Å². The summed E-state index contributed by atoms with van der Waals surface area (Å²) >= 11 is 0. The molecule has 0 saturated heterocycles. The summed E-state index contributed by atoms with van der Waals surface area (Å²) in [6.45, 7) is 0.975. The van der Waals surface area contributed by atoms with Crippen molar-refractivity contribution >= 4 is 0 Å². The summed E-state index contributed by atoms with van der Waals surface area (Å²) in [5, 5.41) is 0. The predicted octanol–water partition coefficient (Wildman–Crippen LogP) is 1.59. The number of hydrogen-bond donors (Lipinski definition) is 1. The lowest BCUT2D eigenvalue weighted by Crippen LogP contribution is -2.40. The first-order valence-corrected chi connectivity index (χ1v) is 6.31. The smallest absolute Gasteiger partial charge is 0.158 e. The maximum absolute atomic E-state index is 13.6. The summed E-state index contributed by atoms with van der Waals surface area (Å²) in [4.78, 5) is 2.02. The third kappa shape index (κ3) is 4.87. The lowest BCUT2D eigenvalue weighted by Gasteiger charge is -2.29. The van der Waals surface area contributed by atoms with E-state index in [-0.39, 0.29) is 18.1 Å². The molecule has 1 unspecified atom stereocenters. The molecule has 0 fully saturated rings. The van der Waals surface area contributed by atoms with Gasteiger partial charge < -0.3 is 15.2 Å². The van der Waals surface area contributed by atoms with Crippen LogP contribution in [0.25, 0.3) is 0 Å². The Morgan fingerprint density at radius 1 is 1.26 bits per heavy atom. The highest BCUT2D eigenvalue weighted by Gasteiger charge is 2.19. The molecule has 0 aliphatic carbocycles. The molecule has 0 aliphatic rings. The zero-order valence-electron chi connectivity index (χ0n) is 11.8. The second-order valence-corrected chi connectivity index (χ2v) is 4.53. The number of rotatable bonds is 8. The topological polar surface area (TPSA) is 47.7 Å². The molecule has 0 amide bonds. The fraction of sp³-hybridized carbons (Fsp3) is 0.571. The van der Waals surface area contributed by atoms with Gasteiger partial charge in [0.25, 0.3) is 0 Å². The molecule has 0 aromatic heterocycles. The van der Waals surface area contributed by atoms with Crippen LogP contribution in [0, 0.1) is 5.82 Å². The molecular formula is C14H23FN2O2. The summed E-state index contributed by atoms with van der Waals surface area (Å²) in [7, 11) is 5.11. The number of hydrogen-bond acceptors (Lipinski definition) is 4. The lowest BCUT2D eigenvalue weighted by atomic mass is 10.1. The van der Waals surface area contributed by atoms with Crippen LogP contribution in [0.3, 0.4) is 0 Å². The highest BCUT2D eigenvalue weighted by Crippen LogP contribution is 2.14. The lowest BCUT2D eigenvalue weighted by molar-refractivity contribution is -0.116. The Morgan fingerprint density at radius 2 is 1.89 bits per heavy atom. The van der Waals surface area contributed by atoms with Crippen LogP contribution in [0.1, 0.15) is 12.0 Å². The number of halogens is 1. The maximum Gasteiger partial charge on any atom is 0.158 e. The molecule has 4 nitrogen and oxygen atoms in total. The Balaban J connectivity index is 2.63.